The van der Waals surface area contributed by atoms with Gasteiger partial charge in [0.15, 0.2) is 0 Å². The van der Waals surface area contributed by atoms with Crippen LogP contribution in [0.5, 0.6) is 0 Å². The molecule has 0 aliphatic rings. The number of halogens is 1. The van der Waals surface area contributed by atoms with E-state index in [2.05, 4.69) is 30.9 Å². The Hall–Kier alpha value is -3.33. The third-order valence-electron chi connectivity index (χ3n) is 3.99. The van der Waals surface area contributed by atoms with Crippen molar-refractivity contribution in [2.45, 2.75) is 19.5 Å². The second-order valence-electron chi connectivity index (χ2n) is 6.11. The van der Waals surface area contributed by atoms with Gasteiger partial charge in [-0.3, -0.25) is 14.6 Å². The second-order valence-corrected chi connectivity index (χ2v) is 6.11. The lowest BCUT2D eigenvalue weighted by Crippen LogP contribution is -2.37. The smallest absolute Gasteiger partial charge is 0.239 e. The fraction of sp³-hybridized carbons (Fsp3) is 0.263. The Morgan fingerprint density at radius 2 is 1.89 bits per heavy atom. The van der Waals surface area contributed by atoms with Gasteiger partial charge in [0.2, 0.25) is 11.8 Å². The number of fused-ring (bicyclic) bond motifs is 1. The fourth-order valence-corrected chi connectivity index (χ4v) is 2.56. The minimum absolute atomic E-state index is 0.0273. The molecule has 146 valence electrons. The van der Waals surface area contributed by atoms with Crippen molar-refractivity contribution in [1.29, 1.82) is 0 Å². The zero-order valence-corrected chi connectivity index (χ0v) is 15.2. The van der Waals surface area contributed by atoms with E-state index < -0.39 is 11.7 Å². The van der Waals surface area contributed by atoms with Crippen LogP contribution < -0.4 is 16.0 Å². The van der Waals surface area contributed by atoms with Crippen molar-refractivity contribution in [3.8, 4) is 0 Å². The van der Waals surface area contributed by atoms with Crippen LogP contribution in [0.1, 0.15) is 17.9 Å². The van der Waals surface area contributed by atoms with Crippen LogP contribution in [0.4, 0.5) is 4.39 Å². The summed E-state index contributed by atoms with van der Waals surface area (Å²) in [6, 6.07) is 10.5. The van der Waals surface area contributed by atoms with Gasteiger partial charge < -0.3 is 20.9 Å². The van der Waals surface area contributed by atoms with E-state index in [1.807, 2.05) is 24.3 Å². The lowest BCUT2D eigenvalue weighted by atomic mass is 10.3. The van der Waals surface area contributed by atoms with Gasteiger partial charge in [0.25, 0.3) is 0 Å². The molecule has 3 aromatic rings. The van der Waals surface area contributed by atoms with Gasteiger partial charge in [-0.1, -0.05) is 12.1 Å². The molecule has 0 fully saturated rings. The van der Waals surface area contributed by atoms with Crippen LogP contribution in [-0.4, -0.2) is 39.9 Å². The van der Waals surface area contributed by atoms with Crippen LogP contribution >= 0.6 is 0 Å². The van der Waals surface area contributed by atoms with Gasteiger partial charge in [0.1, 0.15) is 11.6 Å². The molecule has 9 heteroatoms. The number of para-hydroxylation sites is 2. The highest BCUT2D eigenvalue weighted by Crippen LogP contribution is 2.09. The number of aromatic nitrogens is 3. The van der Waals surface area contributed by atoms with Crippen LogP contribution in [-0.2, 0) is 22.7 Å². The number of rotatable bonds is 9. The summed E-state index contributed by atoms with van der Waals surface area (Å²) in [6.07, 6.45) is 1.67. The number of H-pyrrole nitrogens is 1. The predicted octanol–water partition coefficient (Wildman–Crippen LogP) is 1.01. The number of hydrogen-bond donors (Lipinski definition) is 4. The fourth-order valence-electron chi connectivity index (χ4n) is 2.56. The average molecular weight is 384 g/mol. The van der Waals surface area contributed by atoms with Crippen LogP contribution in [0.2, 0.25) is 0 Å². The first kappa shape index (κ1) is 19.4. The lowest BCUT2D eigenvalue weighted by Gasteiger charge is -2.07. The number of nitrogens with one attached hydrogen (secondary N) is 4. The highest BCUT2D eigenvalue weighted by Gasteiger charge is 2.08. The Morgan fingerprint density at radius 1 is 1.04 bits per heavy atom. The van der Waals surface area contributed by atoms with Crippen molar-refractivity contribution in [3.05, 3.63) is 59.9 Å². The Labute approximate surface area is 161 Å². The lowest BCUT2D eigenvalue weighted by molar-refractivity contribution is -0.126. The third kappa shape index (κ3) is 5.58. The first-order chi connectivity index (χ1) is 13.6. The summed E-state index contributed by atoms with van der Waals surface area (Å²) in [6.45, 7) is 0.763. The monoisotopic (exact) mass is 384 g/mol. The summed E-state index contributed by atoms with van der Waals surface area (Å²) in [7, 11) is 0. The number of amides is 2. The number of benzene rings is 1. The summed E-state index contributed by atoms with van der Waals surface area (Å²) in [5.74, 6) is -0.352. The molecule has 0 saturated heterocycles. The molecule has 3 rings (SSSR count). The molecule has 0 radical (unpaired) electrons. The Kier molecular flexibility index (Phi) is 6.64. The molecular weight excluding hydrogens is 363 g/mol. The second kappa shape index (κ2) is 9.56. The summed E-state index contributed by atoms with van der Waals surface area (Å²) in [5, 5.41) is 8.17. The maximum Gasteiger partial charge on any atom is 0.239 e. The molecule has 1 aromatic carbocycles. The van der Waals surface area contributed by atoms with Crippen molar-refractivity contribution in [3.63, 3.8) is 0 Å². The van der Waals surface area contributed by atoms with Gasteiger partial charge >= 0.3 is 0 Å². The molecule has 28 heavy (non-hydrogen) atoms. The molecule has 2 amide bonds. The summed E-state index contributed by atoms with van der Waals surface area (Å²) in [4.78, 5) is 35.0. The number of imidazole rings is 1. The summed E-state index contributed by atoms with van der Waals surface area (Å²) < 4.78 is 13.4. The average Bonchev–Trinajstić information content (AvgIpc) is 3.12. The maximum absolute atomic E-state index is 13.4. The molecule has 0 atom stereocenters. The van der Waals surface area contributed by atoms with Gasteiger partial charge in [-0.25, -0.2) is 9.37 Å². The van der Waals surface area contributed by atoms with E-state index in [4.69, 9.17) is 0 Å². The van der Waals surface area contributed by atoms with Crippen LogP contribution in [0.25, 0.3) is 11.0 Å². The van der Waals surface area contributed by atoms with Crippen molar-refractivity contribution in [1.82, 2.24) is 30.9 Å². The number of nitrogens with zero attached hydrogens (tertiary/aromatic N) is 2. The molecule has 2 heterocycles. The van der Waals surface area contributed by atoms with Crippen molar-refractivity contribution in [2.75, 3.05) is 13.1 Å². The molecule has 0 spiro atoms. The largest absolute Gasteiger partial charge is 0.349 e. The summed E-state index contributed by atoms with van der Waals surface area (Å²) >= 11 is 0. The molecular formula is C19H21FN6O2. The van der Waals surface area contributed by atoms with Gasteiger partial charge in [0.05, 0.1) is 36.4 Å². The standard InChI is InChI=1S/C19H21FN6O2/c20-13-4-3-8-22-16(13)10-23-19(28)12-24-18(27)7-9-21-11-17-25-14-5-1-2-6-15(14)26-17/h1-6,8,21H,7,9-12H2,(H,23,28)(H,24,27)(H,25,26). The molecule has 2 aromatic heterocycles. The SMILES string of the molecule is O=C(CCNCc1nc2ccccc2[nH]1)NCC(=O)NCc1ncccc1F. The summed E-state index contributed by atoms with van der Waals surface area (Å²) in [5.41, 5.74) is 2.01. The van der Waals surface area contributed by atoms with E-state index in [1.54, 1.807) is 0 Å². The van der Waals surface area contributed by atoms with E-state index >= 15 is 0 Å². The highest BCUT2D eigenvalue weighted by atomic mass is 19.1. The Balaban J connectivity index is 1.30. The van der Waals surface area contributed by atoms with Crippen LogP contribution in [0.3, 0.4) is 0 Å². The number of pyridine rings is 1. The van der Waals surface area contributed by atoms with E-state index in [0.717, 1.165) is 16.9 Å². The van der Waals surface area contributed by atoms with Gasteiger partial charge in [-0.05, 0) is 24.3 Å². The molecule has 4 N–H and O–H groups in total. The molecule has 0 bridgehead atoms. The molecule has 0 aliphatic carbocycles. The maximum atomic E-state index is 13.4. The third-order valence-corrected chi connectivity index (χ3v) is 3.99. The van der Waals surface area contributed by atoms with E-state index in [1.165, 1.54) is 18.3 Å². The molecule has 0 unspecified atom stereocenters. The molecule has 0 saturated carbocycles. The number of carbonyl (C=O) groups is 2. The van der Waals surface area contributed by atoms with E-state index in [0.29, 0.717) is 13.1 Å². The first-order valence-electron chi connectivity index (χ1n) is 8.89. The normalized spacial score (nSPS) is 10.8. The van der Waals surface area contributed by atoms with Crippen molar-refractivity contribution < 1.29 is 14.0 Å². The Bertz CT molecular complexity index is 925. The topological polar surface area (TPSA) is 112 Å². The van der Waals surface area contributed by atoms with Crippen LogP contribution in [0.15, 0.2) is 42.6 Å². The Morgan fingerprint density at radius 3 is 2.71 bits per heavy atom. The van der Waals surface area contributed by atoms with Crippen LogP contribution in [0, 0.1) is 5.82 Å². The quantitative estimate of drug-likeness (QED) is 0.412. The van der Waals surface area contributed by atoms with Crippen molar-refractivity contribution in [2.24, 2.45) is 0 Å². The minimum Gasteiger partial charge on any atom is -0.349 e. The zero-order chi connectivity index (χ0) is 19.8. The molecule has 8 nitrogen and oxygen atoms in total. The number of carbonyl (C=O) groups excluding carboxylic acids is 2. The first-order valence-corrected chi connectivity index (χ1v) is 8.89. The van der Waals surface area contributed by atoms with E-state index in [-0.39, 0.29) is 31.1 Å². The number of hydrogen-bond acceptors (Lipinski definition) is 5. The zero-order valence-electron chi connectivity index (χ0n) is 15.2. The number of aromatic amines is 1. The van der Waals surface area contributed by atoms with E-state index in [9.17, 15) is 14.0 Å². The molecule has 0 aliphatic heterocycles. The van der Waals surface area contributed by atoms with Crippen molar-refractivity contribution >= 4 is 22.8 Å². The predicted molar refractivity (Wildman–Crippen MR) is 101 cm³/mol. The van der Waals surface area contributed by atoms with Gasteiger partial charge in [-0.15, -0.1) is 0 Å². The minimum atomic E-state index is -0.484. The highest BCUT2D eigenvalue weighted by molar-refractivity contribution is 5.84. The van der Waals surface area contributed by atoms with Gasteiger partial charge in [0, 0.05) is 19.2 Å². The van der Waals surface area contributed by atoms with Gasteiger partial charge in [-0.2, -0.15) is 0 Å².